The summed E-state index contributed by atoms with van der Waals surface area (Å²) in [6, 6.07) is 14.1. The van der Waals surface area contributed by atoms with Crippen molar-refractivity contribution in [1.29, 1.82) is 0 Å². The van der Waals surface area contributed by atoms with Crippen molar-refractivity contribution in [1.82, 2.24) is 25.4 Å². The van der Waals surface area contributed by atoms with Crippen LogP contribution >= 0.6 is 35.0 Å². The molecule has 0 saturated carbocycles. The van der Waals surface area contributed by atoms with Crippen LogP contribution in [0.3, 0.4) is 0 Å². The monoisotopic (exact) mass is 505 g/mol. The minimum atomic E-state index is -0.400. The molecule has 0 unspecified atom stereocenters. The minimum absolute atomic E-state index is 0.0370. The molecule has 3 rings (SSSR count). The molecule has 33 heavy (non-hydrogen) atoms. The fourth-order valence-corrected chi connectivity index (χ4v) is 4.36. The van der Waals surface area contributed by atoms with E-state index in [-0.39, 0.29) is 28.5 Å². The van der Waals surface area contributed by atoms with E-state index in [1.165, 1.54) is 17.8 Å². The summed E-state index contributed by atoms with van der Waals surface area (Å²) in [7, 11) is 1.82. The summed E-state index contributed by atoms with van der Waals surface area (Å²) in [6.45, 7) is 4.43. The largest absolute Gasteiger partial charge is 0.351 e. The number of rotatable bonds is 9. The molecule has 0 radical (unpaired) electrons. The molecule has 2 N–H and O–H groups in total. The predicted molar refractivity (Wildman–Crippen MR) is 132 cm³/mol. The van der Waals surface area contributed by atoms with Gasteiger partial charge in [-0.05, 0) is 29.7 Å². The maximum Gasteiger partial charge on any atom is 0.253 e. The van der Waals surface area contributed by atoms with Crippen LogP contribution in [0.5, 0.6) is 0 Å². The molecule has 2 aromatic carbocycles. The Bertz CT molecular complexity index is 1120. The van der Waals surface area contributed by atoms with Gasteiger partial charge in [0.1, 0.15) is 0 Å². The second-order valence-electron chi connectivity index (χ2n) is 7.77. The first-order valence-corrected chi connectivity index (χ1v) is 12.1. The van der Waals surface area contributed by atoms with Gasteiger partial charge in [-0.2, -0.15) is 0 Å². The van der Waals surface area contributed by atoms with E-state index in [1.807, 2.05) is 51.2 Å². The van der Waals surface area contributed by atoms with E-state index in [0.29, 0.717) is 28.1 Å². The van der Waals surface area contributed by atoms with E-state index < -0.39 is 6.04 Å². The van der Waals surface area contributed by atoms with Crippen molar-refractivity contribution in [2.24, 2.45) is 13.0 Å². The number of aromatic nitrogens is 3. The highest BCUT2D eigenvalue weighted by molar-refractivity contribution is 7.99. The lowest BCUT2D eigenvalue weighted by molar-refractivity contribution is -0.118. The molecule has 0 bridgehead atoms. The standard InChI is InChI=1S/C23H25Cl2N5O2S/c1-14(2)20(27-22(32)17-10-9-16(24)11-18(17)25)21-28-29-23(30(21)3)33-13-19(31)26-12-15-7-5-4-6-8-15/h4-11,14,20H,12-13H2,1-3H3,(H,26,31)(H,27,32)/t20-/m1/s1. The number of nitrogens with one attached hydrogen (secondary N) is 2. The molecule has 0 aliphatic rings. The maximum atomic E-state index is 12.8. The SMILES string of the molecule is CC(C)[C@@H](NC(=O)c1ccc(Cl)cc1Cl)c1nnc(SCC(=O)NCc2ccccc2)n1C. The second-order valence-corrected chi connectivity index (χ2v) is 9.56. The molecule has 0 fully saturated rings. The average molecular weight is 506 g/mol. The van der Waals surface area contributed by atoms with Crippen LogP contribution in [-0.2, 0) is 18.4 Å². The number of amides is 2. The Labute approximate surface area is 207 Å². The third-order valence-corrected chi connectivity index (χ3v) is 6.51. The molecule has 0 saturated heterocycles. The zero-order valence-electron chi connectivity index (χ0n) is 18.5. The summed E-state index contributed by atoms with van der Waals surface area (Å²) in [5, 5.41) is 15.7. The third kappa shape index (κ3) is 6.72. The Morgan fingerprint density at radius 3 is 2.48 bits per heavy atom. The molecule has 174 valence electrons. The van der Waals surface area contributed by atoms with Crippen molar-refractivity contribution in [2.45, 2.75) is 31.6 Å². The smallest absolute Gasteiger partial charge is 0.253 e. The van der Waals surface area contributed by atoms with E-state index in [2.05, 4.69) is 20.8 Å². The molecule has 1 aromatic heterocycles. The van der Waals surface area contributed by atoms with Gasteiger partial charge in [0, 0.05) is 18.6 Å². The van der Waals surface area contributed by atoms with Gasteiger partial charge < -0.3 is 15.2 Å². The van der Waals surface area contributed by atoms with E-state index in [1.54, 1.807) is 16.7 Å². The third-order valence-electron chi connectivity index (χ3n) is 4.94. The van der Waals surface area contributed by atoms with Crippen LogP contribution in [0.2, 0.25) is 10.0 Å². The summed E-state index contributed by atoms with van der Waals surface area (Å²) in [5.41, 5.74) is 1.37. The highest BCUT2D eigenvalue weighted by Gasteiger charge is 2.26. The number of halogens is 2. The number of hydrogen-bond donors (Lipinski definition) is 2. The van der Waals surface area contributed by atoms with Crippen molar-refractivity contribution in [3.63, 3.8) is 0 Å². The fourth-order valence-electron chi connectivity index (χ4n) is 3.12. The van der Waals surface area contributed by atoms with Crippen molar-refractivity contribution in [3.05, 3.63) is 75.5 Å². The van der Waals surface area contributed by atoms with Crippen LogP contribution in [0, 0.1) is 5.92 Å². The molecular formula is C23H25Cl2N5O2S. The number of carbonyl (C=O) groups excluding carboxylic acids is 2. The zero-order valence-corrected chi connectivity index (χ0v) is 20.8. The average Bonchev–Trinajstić information content (AvgIpc) is 3.14. The Balaban J connectivity index is 1.63. The number of benzene rings is 2. The molecule has 0 spiro atoms. The first kappa shape index (κ1) is 25.1. The summed E-state index contributed by atoms with van der Waals surface area (Å²) >= 11 is 13.4. The fraction of sp³-hybridized carbons (Fsp3) is 0.304. The highest BCUT2D eigenvalue weighted by atomic mass is 35.5. The van der Waals surface area contributed by atoms with Gasteiger partial charge in [-0.15, -0.1) is 10.2 Å². The Morgan fingerprint density at radius 2 is 1.82 bits per heavy atom. The molecule has 1 heterocycles. The van der Waals surface area contributed by atoms with Crippen LogP contribution in [-0.4, -0.2) is 32.3 Å². The van der Waals surface area contributed by atoms with Gasteiger partial charge >= 0.3 is 0 Å². The lowest BCUT2D eigenvalue weighted by Gasteiger charge is -2.22. The Morgan fingerprint density at radius 1 is 1.09 bits per heavy atom. The van der Waals surface area contributed by atoms with Gasteiger partial charge in [0.05, 0.1) is 22.4 Å². The van der Waals surface area contributed by atoms with Gasteiger partial charge in [-0.1, -0.05) is 79.1 Å². The van der Waals surface area contributed by atoms with Crippen LogP contribution < -0.4 is 10.6 Å². The van der Waals surface area contributed by atoms with Crippen molar-refractivity contribution >= 4 is 46.8 Å². The summed E-state index contributed by atoms with van der Waals surface area (Å²) < 4.78 is 1.80. The Hall–Kier alpha value is -2.55. The van der Waals surface area contributed by atoms with Crippen LogP contribution in [0.15, 0.2) is 53.7 Å². The first-order valence-electron chi connectivity index (χ1n) is 10.3. The topological polar surface area (TPSA) is 88.9 Å². The van der Waals surface area contributed by atoms with Gasteiger partial charge in [0.25, 0.3) is 5.91 Å². The zero-order chi connectivity index (χ0) is 24.0. The molecule has 1 atom stereocenters. The lowest BCUT2D eigenvalue weighted by atomic mass is 10.0. The molecule has 0 aliphatic carbocycles. The normalized spacial score (nSPS) is 11.9. The van der Waals surface area contributed by atoms with E-state index in [0.717, 1.165) is 5.56 Å². The van der Waals surface area contributed by atoms with Gasteiger partial charge in [-0.25, -0.2) is 0 Å². The first-order chi connectivity index (χ1) is 15.8. The molecule has 3 aromatic rings. The Kier molecular flexibility index (Phi) is 8.77. The maximum absolute atomic E-state index is 12.8. The van der Waals surface area contributed by atoms with Gasteiger partial charge in [0.15, 0.2) is 11.0 Å². The van der Waals surface area contributed by atoms with E-state index >= 15 is 0 Å². The summed E-state index contributed by atoms with van der Waals surface area (Å²) in [4.78, 5) is 25.1. The summed E-state index contributed by atoms with van der Waals surface area (Å²) in [5.74, 6) is 0.413. The summed E-state index contributed by atoms with van der Waals surface area (Å²) in [6.07, 6.45) is 0. The van der Waals surface area contributed by atoms with Crippen LogP contribution in [0.1, 0.15) is 41.6 Å². The number of carbonyl (C=O) groups is 2. The van der Waals surface area contributed by atoms with Crippen LogP contribution in [0.25, 0.3) is 0 Å². The molecule has 0 aliphatic heterocycles. The van der Waals surface area contributed by atoms with Crippen LogP contribution in [0.4, 0.5) is 0 Å². The molecular weight excluding hydrogens is 481 g/mol. The van der Waals surface area contributed by atoms with E-state index in [9.17, 15) is 9.59 Å². The van der Waals surface area contributed by atoms with Crippen molar-refractivity contribution in [2.75, 3.05) is 5.75 Å². The van der Waals surface area contributed by atoms with E-state index in [4.69, 9.17) is 23.2 Å². The van der Waals surface area contributed by atoms with Crippen molar-refractivity contribution < 1.29 is 9.59 Å². The molecule has 7 nitrogen and oxygen atoms in total. The number of nitrogens with zero attached hydrogens (tertiary/aromatic N) is 3. The predicted octanol–water partition coefficient (Wildman–Crippen LogP) is 4.66. The highest BCUT2D eigenvalue weighted by Crippen LogP contribution is 2.26. The minimum Gasteiger partial charge on any atom is -0.351 e. The molecule has 10 heteroatoms. The number of hydrogen-bond acceptors (Lipinski definition) is 5. The number of thioether (sulfide) groups is 1. The quantitative estimate of drug-likeness (QED) is 0.413. The van der Waals surface area contributed by atoms with Gasteiger partial charge in [0.2, 0.25) is 5.91 Å². The second kappa shape index (κ2) is 11.5. The van der Waals surface area contributed by atoms with Crippen molar-refractivity contribution in [3.8, 4) is 0 Å². The lowest BCUT2D eigenvalue weighted by Crippen LogP contribution is -2.33. The molecule has 2 amide bonds. The van der Waals surface area contributed by atoms with Gasteiger partial charge in [-0.3, -0.25) is 9.59 Å².